The van der Waals surface area contributed by atoms with E-state index in [1.807, 2.05) is 31.2 Å². The highest BCUT2D eigenvalue weighted by molar-refractivity contribution is 6.74. The maximum Gasteiger partial charge on any atom is 0.191 e. The molecule has 4 atom stereocenters. The molecule has 0 aliphatic heterocycles. The van der Waals surface area contributed by atoms with Gasteiger partial charge in [-0.3, -0.25) is 0 Å². The lowest BCUT2D eigenvalue weighted by Gasteiger charge is -2.36. The number of benzene rings is 1. The first kappa shape index (κ1) is 30.8. The summed E-state index contributed by atoms with van der Waals surface area (Å²) in [4.78, 5) is 0. The predicted molar refractivity (Wildman–Crippen MR) is 138 cm³/mol. The Balaban J connectivity index is 2.54. The highest BCUT2D eigenvalue weighted by atomic mass is 28.4. The van der Waals surface area contributed by atoms with E-state index >= 15 is 0 Å². The molecule has 0 aliphatic carbocycles. The van der Waals surface area contributed by atoms with Gasteiger partial charge in [0.05, 0.1) is 38.1 Å². The van der Waals surface area contributed by atoms with Crippen LogP contribution < -0.4 is 4.74 Å². The van der Waals surface area contributed by atoms with Gasteiger partial charge in [-0.25, -0.2) is 0 Å². The van der Waals surface area contributed by atoms with Crippen molar-refractivity contribution >= 4 is 8.32 Å². The zero-order valence-corrected chi connectivity index (χ0v) is 23.2. The summed E-state index contributed by atoms with van der Waals surface area (Å²) < 4.78 is 28.0. The minimum Gasteiger partial charge on any atom is -0.497 e. The molecule has 0 aromatic heterocycles. The van der Waals surface area contributed by atoms with Crippen LogP contribution in [-0.4, -0.2) is 70.6 Å². The van der Waals surface area contributed by atoms with Crippen LogP contribution >= 0.6 is 0 Å². The van der Waals surface area contributed by atoms with Crippen molar-refractivity contribution in [3.8, 4) is 5.75 Å². The second-order valence-corrected chi connectivity index (χ2v) is 15.0. The molecule has 1 aromatic carbocycles. The summed E-state index contributed by atoms with van der Waals surface area (Å²) in [5.74, 6) is 0.808. The second-order valence-electron chi connectivity index (χ2n) is 10.2. The predicted octanol–water partition coefficient (Wildman–Crippen LogP) is 4.67. The van der Waals surface area contributed by atoms with E-state index in [0.29, 0.717) is 26.1 Å². The van der Waals surface area contributed by atoms with Gasteiger partial charge in [0.15, 0.2) is 8.32 Å². The summed E-state index contributed by atoms with van der Waals surface area (Å²) in [6, 6.07) is 7.75. The standard InChI is InChI=1S/C26H46O7Si/c1-20(31-18-21-9-11-22(30-6)12-10-21)17-23(32-19-29-5)13-14-24(27)25(28)15-16-33-34(7,8)26(2,3)4/h9-14,20,23-25,27-28H,15-19H2,1-8H3/b14-13+/t20-,23-,24+,25+/m1/s1. The molecule has 0 spiro atoms. The molecule has 1 rings (SSSR count). The number of hydrogen-bond donors (Lipinski definition) is 2. The molecule has 0 bridgehead atoms. The molecule has 2 N–H and O–H groups in total. The fourth-order valence-electron chi connectivity index (χ4n) is 2.90. The van der Waals surface area contributed by atoms with E-state index < -0.39 is 20.5 Å². The molecule has 7 nitrogen and oxygen atoms in total. The highest BCUT2D eigenvalue weighted by Gasteiger charge is 2.37. The van der Waals surface area contributed by atoms with E-state index in [1.165, 1.54) is 0 Å². The quantitative estimate of drug-likeness (QED) is 0.195. The van der Waals surface area contributed by atoms with Crippen LogP contribution in [0.1, 0.15) is 46.1 Å². The smallest absolute Gasteiger partial charge is 0.191 e. The maximum absolute atomic E-state index is 10.4. The van der Waals surface area contributed by atoms with E-state index in [0.717, 1.165) is 11.3 Å². The van der Waals surface area contributed by atoms with Gasteiger partial charge in [0.25, 0.3) is 0 Å². The van der Waals surface area contributed by atoms with Gasteiger partial charge >= 0.3 is 0 Å². The zero-order valence-electron chi connectivity index (χ0n) is 22.2. The fourth-order valence-corrected chi connectivity index (χ4v) is 3.96. The molecule has 34 heavy (non-hydrogen) atoms. The van der Waals surface area contributed by atoms with Gasteiger partial charge in [-0.1, -0.05) is 45.1 Å². The molecule has 196 valence electrons. The number of ether oxygens (including phenoxy) is 4. The van der Waals surface area contributed by atoms with Crippen molar-refractivity contribution in [3.05, 3.63) is 42.0 Å². The molecule has 0 heterocycles. The zero-order chi connectivity index (χ0) is 25.8. The van der Waals surface area contributed by atoms with Crippen molar-refractivity contribution in [1.82, 2.24) is 0 Å². The largest absolute Gasteiger partial charge is 0.497 e. The van der Waals surface area contributed by atoms with Gasteiger partial charge in [-0.05, 0) is 49.2 Å². The van der Waals surface area contributed by atoms with Gasteiger partial charge in [0.2, 0.25) is 0 Å². The third kappa shape index (κ3) is 11.4. The monoisotopic (exact) mass is 498 g/mol. The van der Waals surface area contributed by atoms with Crippen molar-refractivity contribution < 1.29 is 33.6 Å². The minimum absolute atomic E-state index is 0.0892. The number of methoxy groups -OCH3 is 2. The number of aliphatic hydroxyl groups excluding tert-OH is 2. The first-order valence-electron chi connectivity index (χ1n) is 11.9. The molecule has 8 heteroatoms. The van der Waals surface area contributed by atoms with E-state index in [1.54, 1.807) is 26.4 Å². The summed E-state index contributed by atoms with van der Waals surface area (Å²) in [6.45, 7) is 13.9. The van der Waals surface area contributed by atoms with Crippen LogP contribution in [-0.2, 0) is 25.2 Å². The molecular formula is C26H46O7Si. The number of rotatable bonds is 16. The van der Waals surface area contributed by atoms with Crippen molar-refractivity contribution in [2.45, 2.75) is 89.7 Å². The van der Waals surface area contributed by atoms with Crippen LogP contribution in [0.2, 0.25) is 18.1 Å². The Kier molecular flexibility index (Phi) is 13.6. The third-order valence-electron chi connectivity index (χ3n) is 6.26. The summed E-state index contributed by atoms with van der Waals surface area (Å²) in [7, 11) is 1.32. The minimum atomic E-state index is -1.88. The molecule has 0 amide bonds. The van der Waals surface area contributed by atoms with E-state index in [4.69, 9.17) is 23.4 Å². The molecular weight excluding hydrogens is 452 g/mol. The molecule has 0 fully saturated rings. The first-order valence-corrected chi connectivity index (χ1v) is 14.8. The Morgan fingerprint density at radius 2 is 1.65 bits per heavy atom. The van der Waals surface area contributed by atoms with Gasteiger partial charge in [-0.15, -0.1) is 0 Å². The lowest BCUT2D eigenvalue weighted by molar-refractivity contribution is -0.0741. The van der Waals surface area contributed by atoms with E-state index in [9.17, 15) is 10.2 Å². The average Bonchev–Trinajstić information content (AvgIpc) is 2.78. The Bertz CT molecular complexity index is 700. The van der Waals surface area contributed by atoms with E-state index in [2.05, 4.69) is 33.9 Å². The van der Waals surface area contributed by atoms with Crippen LogP contribution in [0.3, 0.4) is 0 Å². The van der Waals surface area contributed by atoms with Crippen molar-refractivity contribution in [2.24, 2.45) is 0 Å². The lowest BCUT2D eigenvalue weighted by Crippen LogP contribution is -2.41. The Morgan fingerprint density at radius 1 is 1.00 bits per heavy atom. The van der Waals surface area contributed by atoms with Gasteiger partial charge in [0.1, 0.15) is 12.5 Å². The third-order valence-corrected chi connectivity index (χ3v) is 10.8. The van der Waals surface area contributed by atoms with Crippen LogP contribution in [0.15, 0.2) is 36.4 Å². The summed E-state index contributed by atoms with van der Waals surface area (Å²) in [5.41, 5.74) is 1.05. The van der Waals surface area contributed by atoms with Crippen LogP contribution in [0.4, 0.5) is 0 Å². The SMILES string of the molecule is COCO[C@H](/C=C/[C@H](O)[C@@H](O)CCO[Si](C)(C)C(C)(C)C)C[C@@H](C)OCc1ccc(OC)cc1. The summed E-state index contributed by atoms with van der Waals surface area (Å²) in [5, 5.41) is 20.9. The van der Waals surface area contributed by atoms with Gasteiger partial charge in [-0.2, -0.15) is 0 Å². The first-order chi connectivity index (χ1) is 15.9. The molecule has 0 aliphatic rings. The van der Waals surface area contributed by atoms with Crippen LogP contribution in [0.25, 0.3) is 0 Å². The number of aliphatic hydroxyl groups is 2. The molecule has 1 aromatic rings. The topological polar surface area (TPSA) is 86.6 Å². The van der Waals surface area contributed by atoms with Crippen LogP contribution in [0, 0.1) is 0 Å². The normalized spacial score (nSPS) is 16.4. The Hall–Kier alpha value is -1.26. The number of hydrogen-bond acceptors (Lipinski definition) is 7. The average molecular weight is 499 g/mol. The summed E-state index contributed by atoms with van der Waals surface area (Å²) >= 11 is 0. The second kappa shape index (κ2) is 15.0. The summed E-state index contributed by atoms with van der Waals surface area (Å²) in [6.07, 6.45) is 1.95. The van der Waals surface area contributed by atoms with Crippen LogP contribution in [0.5, 0.6) is 5.75 Å². The maximum atomic E-state index is 10.4. The Labute approximate surface area is 207 Å². The molecule has 0 saturated heterocycles. The van der Waals surface area contributed by atoms with Gasteiger partial charge < -0.3 is 33.6 Å². The van der Waals surface area contributed by atoms with Crippen molar-refractivity contribution in [2.75, 3.05) is 27.6 Å². The fraction of sp³-hybridized carbons (Fsp3) is 0.692. The van der Waals surface area contributed by atoms with Crippen molar-refractivity contribution in [3.63, 3.8) is 0 Å². The molecule has 0 radical (unpaired) electrons. The Morgan fingerprint density at radius 3 is 2.21 bits per heavy atom. The van der Waals surface area contributed by atoms with Crippen molar-refractivity contribution in [1.29, 1.82) is 0 Å². The highest BCUT2D eigenvalue weighted by Crippen LogP contribution is 2.36. The molecule has 0 unspecified atom stereocenters. The van der Waals surface area contributed by atoms with Gasteiger partial charge in [0, 0.05) is 20.1 Å². The molecule has 0 saturated carbocycles. The lowest BCUT2D eigenvalue weighted by atomic mass is 10.1. The van der Waals surface area contributed by atoms with E-state index in [-0.39, 0.29) is 24.0 Å².